The van der Waals surface area contributed by atoms with Gasteiger partial charge in [0.25, 0.3) is 0 Å². The van der Waals surface area contributed by atoms with Crippen LogP contribution in [0.2, 0.25) is 0 Å². The topological polar surface area (TPSA) is 62.3 Å². The van der Waals surface area contributed by atoms with Gasteiger partial charge in [-0.05, 0) is 35.9 Å². The number of aromatic nitrogens is 1. The van der Waals surface area contributed by atoms with E-state index in [1.807, 2.05) is 54.6 Å². The van der Waals surface area contributed by atoms with Gasteiger partial charge in [0.2, 0.25) is 11.8 Å². The Balaban J connectivity index is 1.63. The van der Waals surface area contributed by atoms with Gasteiger partial charge in [-0.2, -0.15) is 0 Å². The maximum Gasteiger partial charge on any atom is 0.247 e. The zero-order chi connectivity index (χ0) is 20.4. The van der Waals surface area contributed by atoms with Crippen LogP contribution in [-0.2, 0) is 9.59 Å². The second kappa shape index (κ2) is 7.61. The largest absolute Gasteiger partial charge is 0.326 e. The number of fused-ring (bicyclic) bond motifs is 1. The molecule has 0 bridgehead atoms. The third-order valence-corrected chi connectivity index (χ3v) is 5.23. The van der Waals surface area contributed by atoms with Gasteiger partial charge in [0.15, 0.2) is 0 Å². The van der Waals surface area contributed by atoms with Crippen LogP contribution in [0.3, 0.4) is 0 Å². The summed E-state index contributed by atoms with van der Waals surface area (Å²) < 4.78 is 0. The van der Waals surface area contributed by atoms with Crippen molar-refractivity contribution in [1.82, 2.24) is 9.88 Å². The zero-order valence-corrected chi connectivity index (χ0v) is 15.7. The molecule has 1 N–H and O–H groups in total. The molecule has 5 nitrogen and oxygen atoms in total. The van der Waals surface area contributed by atoms with Crippen LogP contribution in [0, 0.1) is 12.3 Å². The molecule has 4 rings (SSSR count). The van der Waals surface area contributed by atoms with Gasteiger partial charge >= 0.3 is 0 Å². The fourth-order valence-corrected chi connectivity index (χ4v) is 3.70. The lowest BCUT2D eigenvalue weighted by Gasteiger charge is -2.46. The molecule has 0 unspecified atom stereocenters. The number of amides is 2. The van der Waals surface area contributed by atoms with Gasteiger partial charge in [-0.25, -0.2) is 0 Å². The fraction of sp³-hybridized carbons (Fsp3) is 0.125. The van der Waals surface area contributed by atoms with Crippen molar-refractivity contribution in [2.45, 2.75) is 12.0 Å². The van der Waals surface area contributed by atoms with E-state index in [9.17, 15) is 9.59 Å². The van der Waals surface area contributed by atoms with Crippen LogP contribution in [0.5, 0.6) is 0 Å². The molecule has 2 amide bonds. The number of nitrogens with zero attached hydrogens (tertiary/aromatic N) is 2. The van der Waals surface area contributed by atoms with Crippen LogP contribution in [0.1, 0.15) is 17.0 Å². The first-order valence-corrected chi connectivity index (χ1v) is 9.26. The minimum atomic E-state index is -0.629. The van der Waals surface area contributed by atoms with Crippen molar-refractivity contribution < 1.29 is 9.59 Å². The highest BCUT2D eigenvalue weighted by molar-refractivity contribution is 6.05. The minimum Gasteiger partial charge on any atom is -0.326 e. The standard InChI is InChI=1S/C24H19N3O2/c1-3-16-10-12-17(13-11-16)19-15-27(21(28)4-2)23(19)24(29)26-20-9-5-7-18-8-6-14-25-22(18)20/h1,4-14,19,23H,2,15H2,(H,26,29)/t19-,23+/m1/s1. The molecule has 1 aliphatic heterocycles. The summed E-state index contributed by atoms with van der Waals surface area (Å²) in [6.45, 7) is 4.00. The summed E-state index contributed by atoms with van der Waals surface area (Å²) in [5.74, 6) is 1.95. The number of rotatable bonds is 4. The maximum absolute atomic E-state index is 13.2. The molecule has 29 heavy (non-hydrogen) atoms. The summed E-state index contributed by atoms with van der Waals surface area (Å²) >= 11 is 0. The Morgan fingerprint density at radius 2 is 1.93 bits per heavy atom. The number of anilines is 1. The summed E-state index contributed by atoms with van der Waals surface area (Å²) in [6.07, 6.45) is 8.34. The van der Waals surface area contributed by atoms with E-state index in [0.29, 0.717) is 17.7 Å². The van der Waals surface area contributed by atoms with Gasteiger partial charge in [0, 0.05) is 29.6 Å². The predicted octanol–water partition coefficient (Wildman–Crippen LogP) is 3.34. The van der Waals surface area contributed by atoms with Gasteiger partial charge < -0.3 is 10.2 Å². The smallest absolute Gasteiger partial charge is 0.247 e. The fourth-order valence-electron chi connectivity index (χ4n) is 3.70. The number of terminal acetylenes is 1. The number of carbonyl (C=O) groups is 2. The predicted molar refractivity (Wildman–Crippen MR) is 113 cm³/mol. The number of benzene rings is 2. The van der Waals surface area contributed by atoms with Crippen molar-refractivity contribution in [3.8, 4) is 12.3 Å². The summed E-state index contributed by atoms with van der Waals surface area (Å²) in [7, 11) is 0. The summed E-state index contributed by atoms with van der Waals surface area (Å²) in [5.41, 5.74) is 3.06. The number of hydrogen-bond acceptors (Lipinski definition) is 3. The van der Waals surface area contributed by atoms with Crippen molar-refractivity contribution >= 4 is 28.4 Å². The van der Waals surface area contributed by atoms with E-state index in [4.69, 9.17) is 6.42 Å². The van der Waals surface area contributed by atoms with E-state index in [0.717, 1.165) is 16.5 Å². The molecule has 2 atom stereocenters. The number of nitrogens with one attached hydrogen (secondary N) is 1. The molecule has 2 heterocycles. The molecule has 1 fully saturated rings. The monoisotopic (exact) mass is 381 g/mol. The van der Waals surface area contributed by atoms with Crippen molar-refractivity contribution in [2.75, 3.05) is 11.9 Å². The molecule has 5 heteroatoms. The van der Waals surface area contributed by atoms with E-state index in [1.54, 1.807) is 6.20 Å². The SMILES string of the molecule is C#Cc1ccc([C@H]2CN(C(=O)C=C)[C@@H]2C(=O)Nc2cccc3cccnc23)cc1. The molecule has 2 aromatic carbocycles. The second-order valence-corrected chi connectivity index (χ2v) is 6.88. The lowest BCUT2D eigenvalue weighted by atomic mass is 9.81. The average molecular weight is 381 g/mol. The molecular weight excluding hydrogens is 362 g/mol. The molecule has 1 aromatic heterocycles. The van der Waals surface area contributed by atoms with Gasteiger partial charge in [0.1, 0.15) is 6.04 Å². The van der Waals surface area contributed by atoms with Gasteiger partial charge in [-0.15, -0.1) is 6.42 Å². The van der Waals surface area contributed by atoms with Gasteiger partial charge in [0.05, 0.1) is 11.2 Å². The first kappa shape index (κ1) is 18.5. The molecular formula is C24H19N3O2. The minimum absolute atomic E-state index is 0.117. The molecule has 0 spiro atoms. The Hall–Kier alpha value is -3.91. The van der Waals surface area contributed by atoms with Gasteiger partial charge in [-0.1, -0.05) is 42.8 Å². The van der Waals surface area contributed by atoms with E-state index in [1.165, 1.54) is 11.0 Å². The van der Waals surface area contributed by atoms with E-state index in [-0.39, 0.29) is 17.7 Å². The summed E-state index contributed by atoms with van der Waals surface area (Å²) in [4.78, 5) is 31.3. The van der Waals surface area contributed by atoms with Crippen LogP contribution in [0.25, 0.3) is 10.9 Å². The average Bonchev–Trinajstić information content (AvgIpc) is 2.73. The molecule has 3 aromatic rings. The molecule has 1 saturated heterocycles. The van der Waals surface area contributed by atoms with Crippen molar-refractivity contribution in [3.63, 3.8) is 0 Å². The highest BCUT2D eigenvalue weighted by Gasteiger charge is 2.46. The van der Waals surface area contributed by atoms with Crippen molar-refractivity contribution in [1.29, 1.82) is 0 Å². The number of carbonyl (C=O) groups excluding carboxylic acids is 2. The summed E-state index contributed by atoms with van der Waals surface area (Å²) in [6, 6.07) is 16.3. The number of para-hydroxylation sites is 1. The quantitative estimate of drug-likeness (QED) is 0.557. The Kier molecular flexibility index (Phi) is 4.84. The number of hydrogen-bond donors (Lipinski definition) is 1. The van der Waals surface area contributed by atoms with Crippen molar-refractivity contribution in [3.05, 3.63) is 84.6 Å². The summed E-state index contributed by atoms with van der Waals surface area (Å²) in [5, 5.41) is 3.89. The third kappa shape index (κ3) is 3.37. The van der Waals surface area contributed by atoms with Crippen LogP contribution >= 0.6 is 0 Å². The highest BCUT2D eigenvalue weighted by Crippen LogP contribution is 2.36. The molecule has 0 saturated carbocycles. The van der Waals surface area contributed by atoms with Crippen LogP contribution in [-0.4, -0.2) is 34.3 Å². The van der Waals surface area contributed by atoms with Crippen LogP contribution < -0.4 is 5.32 Å². The Bertz CT molecular complexity index is 1140. The van der Waals surface area contributed by atoms with E-state index in [2.05, 4.69) is 22.8 Å². The number of likely N-dealkylation sites (tertiary alicyclic amines) is 1. The Morgan fingerprint density at radius 3 is 2.66 bits per heavy atom. The van der Waals surface area contributed by atoms with E-state index >= 15 is 0 Å². The first-order valence-electron chi connectivity index (χ1n) is 9.26. The molecule has 0 aliphatic carbocycles. The van der Waals surface area contributed by atoms with Gasteiger partial charge in [-0.3, -0.25) is 14.6 Å². The molecule has 0 radical (unpaired) electrons. The number of pyridine rings is 1. The highest BCUT2D eigenvalue weighted by atomic mass is 16.2. The lowest BCUT2D eigenvalue weighted by molar-refractivity contribution is -0.143. The van der Waals surface area contributed by atoms with Crippen LogP contribution in [0.4, 0.5) is 5.69 Å². The Labute approximate surface area is 169 Å². The second-order valence-electron chi connectivity index (χ2n) is 6.88. The van der Waals surface area contributed by atoms with Crippen molar-refractivity contribution in [2.24, 2.45) is 0 Å². The lowest BCUT2D eigenvalue weighted by Crippen LogP contribution is -2.61. The normalized spacial score (nSPS) is 17.8. The third-order valence-electron chi connectivity index (χ3n) is 5.23. The Morgan fingerprint density at radius 1 is 1.17 bits per heavy atom. The zero-order valence-electron chi connectivity index (χ0n) is 15.7. The molecule has 1 aliphatic rings. The maximum atomic E-state index is 13.2. The van der Waals surface area contributed by atoms with Crippen LogP contribution in [0.15, 0.2) is 73.4 Å². The first-order chi connectivity index (χ1) is 14.1. The van der Waals surface area contributed by atoms with E-state index < -0.39 is 6.04 Å². The molecule has 142 valence electrons.